The number of allylic oxidation sites excluding steroid dienone is 1. The van der Waals surface area contributed by atoms with Gasteiger partial charge in [-0.05, 0) is 41.9 Å². The second-order valence-electron chi connectivity index (χ2n) is 7.68. The lowest BCUT2D eigenvalue weighted by Crippen LogP contribution is -2.29. The lowest BCUT2D eigenvalue weighted by atomic mass is 9.70. The van der Waals surface area contributed by atoms with Gasteiger partial charge < -0.3 is 4.74 Å². The van der Waals surface area contributed by atoms with Crippen LogP contribution in [0, 0.1) is 28.1 Å². The molecule has 4 aliphatic rings. The molecule has 1 spiro atoms. The van der Waals surface area contributed by atoms with Crippen LogP contribution in [0.4, 0.5) is 0 Å². The molecule has 2 heteroatoms. The van der Waals surface area contributed by atoms with Crippen molar-refractivity contribution in [2.24, 2.45) is 28.1 Å². The zero-order valence-electron chi connectivity index (χ0n) is 10.9. The van der Waals surface area contributed by atoms with E-state index in [2.05, 4.69) is 26.8 Å². The van der Waals surface area contributed by atoms with Gasteiger partial charge in [-0.1, -0.05) is 26.8 Å². The summed E-state index contributed by atoms with van der Waals surface area (Å²) in [7, 11) is 0. The Kier molecular flexibility index (Phi) is 1.48. The Morgan fingerprint density at radius 3 is 2.82 bits per heavy atom. The highest BCUT2D eigenvalue weighted by Gasteiger charge is 2.76. The molecule has 0 radical (unpaired) electrons. The van der Waals surface area contributed by atoms with Gasteiger partial charge in [-0.25, -0.2) is 4.79 Å². The van der Waals surface area contributed by atoms with E-state index >= 15 is 0 Å². The van der Waals surface area contributed by atoms with Crippen LogP contribution in [-0.4, -0.2) is 12.6 Å². The molecule has 4 atom stereocenters. The zero-order valence-corrected chi connectivity index (χ0v) is 10.9. The number of cyclic esters (lactones) is 1. The first-order valence-electron chi connectivity index (χ1n) is 6.78. The number of hydrogen-bond acceptors (Lipinski definition) is 2. The van der Waals surface area contributed by atoms with Crippen LogP contribution >= 0.6 is 0 Å². The van der Waals surface area contributed by atoms with Crippen LogP contribution in [0.3, 0.4) is 0 Å². The Balaban J connectivity index is 1.83. The molecule has 0 bridgehead atoms. The molecule has 1 saturated heterocycles. The maximum atomic E-state index is 11.8. The first-order chi connectivity index (χ1) is 7.88. The quantitative estimate of drug-likeness (QED) is 0.600. The SMILES string of the molecule is CC1(C)C[C@H]2C=C3C(=O)OC[C@]34C[C@]4(C)[C@H]2C1. The highest BCUT2D eigenvalue weighted by Crippen LogP contribution is 2.79. The molecule has 4 rings (SSSR count). The highest BCUT2D eigenvalue weighted by molar-refractivity contribution is 5.94. The summed E-state index contributed by atoms with van der Waals surface area (Å²) in [5, 5.41) is 0. The molecule has 92 valence electrons. The number of ether oxygens (including phenoxy) is 1. The van der Waals surface area contributed by atoms with Crippen LogP contribution in [0.15, 0.2) is 11.6 Å². The van der Waals surface area contributed by atoms with Gasteiger partial charge in [0, 0.05) is 11.0 Å². The van der Waals surface area contributed by atoms with Gasteiger partial charge in [0.25, 0.3) is 0 Å². The fraction of sp³-hybridized carbons (Fsp3) is 0.800. The van der Waals surface area contributed by atoms with Gasteiger partial charge in [0.2, 0.25) is 0 Å². The number of carbonyl (C=O) groups is 1. The summed E-state index contributed by atoms with van der Waals surface area (Å²) in [6.07, 6.45) is 6.01. The van der Waals surface area contributed by atoms with Gasteiger partial charge in [-0.3, -0.25) is 0 Å². The number of hydrogen-bond donors (Lipinski definition) is 0. The van der Waals surface area contributed by atoms with Crippen molar-refractivity contribution < 1.29 is 9.53 Å². The van der Waals surface area contributed by atoms with Crippen LogP contribution in [0.2, 0.25) is 0 Å². The minimum Gasteiger partial charge on any atom is -0.461 e. The third kappa shape index (κ3) is 0.974. The molecule has 0 N–H and O–H groups in total. The molecule has 0 aromatic heterocycles. The molecule has 2 nitrogen and oxygen atoms in total. The minimum absolute atomic E-state index is 0.0307. The van der Waals surface area contributed by atoms with Crippen molar-refractivity contribution in [1.29, 1.82) is 0 Å². The van der Waals surface area contributed by atoms with Crippen molar-refractivity contribution in [3.05, 3.63) is 11.6 Å². The van der Waals surface area contributed by atoms with Gasteiger partial charge in [0.15, 0.2) is 0 Å². The summed E-state index contributed by atoms with van der Waals surface area (Å²) in [6, 6.07) is 0. The van der Waals surface area contributed by atoms with Gasteiger partial charge in [-0.2, -0.15) is 0 Å². The van der Waals surface area contributed by atoms with Crippen molar-refractivity contribution in [2.75, 3.05) is 6.61 Å². The van der Waals surface area contributed by atoms with Crippen molar-refractivity contribution >= 4 is 5.97 Å². The Morgan fingerprint density at radius 1 is 1.29 bits per heavy atom. The Bertz CT molecular complexity index is 462. The monoisotopic (exact) mass is 232 g/mol. The van der Waals surface area contributed by atoms with Gasteiger partial charge in [-0.15, -0.1) is 0 Å². The van der Waals surface area contributed by atoms with E-state index in [1.165, 1.54) is 19.3 Å². The standard InChI is InChI=1S/C15H20O2/c1-13(2)5-9-4-10-12(16)17-8-15(10)7-14(15,3)11(9)6-13/h4,9,11H,5-8H2,1-3H3/t9-,11+,14-,15-/m1/s1. The van der Waals surface area contributed by atoms with Crippen LogP contribution in [0.1, 0.15) is 40.0 Å². The van der Waals surface area contributed by atoms with Gasteiger partial charge >= 0.3 is 5.97 Å². The van der Waals surface area contributed by atoms with Crippen molar-refractivity contribution in [1.82, 2.24) is 0 Å². The summed E-state index contributed by atoms with van der Waals surface area (Å²) in [4.78, 5) is 11.8. The maximum absolute atomic E-state index is 11.8. The van der Waals surface area contributed by atoms with E-state index in [0.717, 1.165) is 11.5 Å². The normalized spacial score (nSPS) is 53.4. The lowest BCUT2D eigenvalue weighted by molar-refractivity contribution is -0.135. The van der Waals surface area contributed by atoms with Crippen LogP contribution in [0.25, 0.3) is 0 Å². The van der Waals surface area contributed by atoms with Crippen molar-refractivity contribution in [2.45, 2.75) is 40.0 Å². The van der Waals surface area contributed by atoms with E-state index in [1.54, 1.807) is 0 Å². The summed E-state index contributed by atoms with van der Waals surface area (Å²) < 4.78 is 5.32. The molecule has 2 saturated carbocycles. The molecular weight excluding hydrogens is 212 g/mol. The second kappa shape index (κ2) is 2.48. The van der Waals surface area contributed by atoms with E-state index < -0.39 is 0 Å². The summed E-state index contributed by atoms with van der Waals surface area (Å²) in [5.41, 5.74) is 1.94. The largest absolute Gasteiger partial charge is 0.461 e. The van der Waals surface area contributed by atoms with E-state index in [9.17, 15) is 4.79 Å². The van der Waals surface area contributed by atoms with E-state index in [-0.39, 0.29) is 11.4 Å². The number of rotatable bonds is 0. The van der Waals surface area contributed by atoms with E-state index in [1.807, 2.05) is 0 Å². The van der Waals surface area contributed by atoms with E-state index in [0.29, 0.717) is 23.4 Å². The first kappa shape index (κ1) is 10.2. The second-order valence-corrected chi connectivity index (χ2v) is 7.68. The minimum atomic E-state index is -0.0307. The zero-order chi connectivity index (χ0) is 12.1. The average molecular weight is 232 g/mol. The topological polar surface area (TPSA) is 26.3 Å². The fourth-order valence-electron chi connectivity index (χ4n) is 5.15. The van der Waals surface area contributed by atoms with Crippen molar-refractivity contribution in [3.8, 4) is 0 Å². The molecular formula is C15H20O2. The smallest absolute Gasteiger partial charge is 0.334 e. The van der Waals surface area contributed by atoms with Gasteiger partial charge in [0.05, 0.1) is 0 Å². The fourth-order valence-corrected chi connectivity index (χ4v) is 5.15. The third-order valence-electron chi connectivity index (χ3n) is 6.10. The highest BCUT2D eigenvalue weighted by atomic mass is 16.5. The van der Waals surface area contributed by atoms with Crippen molar-refractivity contribution in [3.63, 3.8) is 0 Å². The summed E-state index contributed by atoms with van der Waals surface area (Å²) in [6.45, 7) is 7.78. The van der Waals surface area contributed by atoms with E-state index in [4.69, 9.17) is 4.74 Å². The molecule has 17 heavy (non-hydrogen) atoms. The van der Waals surface area contributed by atoms with Crippen LogP contribution in [0.5, 0.6) is 0 Å². The molecule has 3 fully saturated rings. The van der Waals surface area contributed by atoms with Crippen LogP contribution in [-0.2, 0) is 9.53 Å². The molecule has 3 aliphatic carbocycles. The molecule has 0 unspecified atom stereocenters. The first-order valence-corrected chi connectivity index (χ1v) is 6.78. The predicted octanol–water partition coefficient (Wildman–Crippen LogP) is 2.93. The average Bonchev–Trinajstić information content (AvgIpc) is 2.55. The summed E-state index contributed by atoms with van der Waals surface area (Å²) >= 11 is 0. The maximum Gasteiger partial charge on any atom is 0.334 e. The molecule has 0 amide bonds. The Labute approximate surface area is 102 Å². The molecule has 0 aromatic rings. The summed E-state index contributed by atoms with van der Waals surface area (Å²) in [5.74, 6) is 1.36. The number of esters is 1. The number of carbonyl (C=O) groups excluding carboxylic acids is 1. The molecule has 1 heterocycles. The Morgan fingerprint density at radius 2 is 2.06 bits per heavy atom. The Hall–Kier alpha value is -0.790. The van der Waals surface area contributed by atoms with Crippen LogP contribution < -0.4 is 0 Å². The molecule has 0 aromatic carbocycles. The number of fused-ring (bicyclic) bond motifs is 2. The third-order valence-corrected chi connectivity index (χ3v) is 6.10. The van der Waals surface area contributed by atoms with Gasteiger partial charge in [0.1, 0.15) is 6.61 Å². The predicted molar refractivity (Wildman–Crippen MR) is 64.2 cm³/mol. The lowest BCUT2D eigenvalue weighted by Gasteiger charge is -2.32. The molecule has 1 aliphatic heterocycles.